The first-order valence-electron chi connectivity index (χ1n) is 12.2. The topological polar surface area (TPSA) is 55.6 Å². The van der Waals surface area contributed by atoms with Crippen molar-refractivity contribution in [1.29, 1.82) is 0 Å². The Morgan fingerprint density at radius 2 is 1.64 bits per heavy atom. The molecule has 4 rings (SSSR count). The van der Waals surface area contributed by atoms with Crippen LogP contribution in [-0.4, -0.2) is 35.2 Å². The first-order chi connectivity index (χ1) is 18.3. The van der Waals surface area contributed by atoms with Gasteiger partial charge in [-0.25, -0.2) is 4.39 Å². The van der Waals surface area contributed by atoms with Crippen LogP contribution in [0.4, 0.5) is 30.7 Å². The molecule has 0 spiro atoms. The third kappa shape index (κ3) is 6.60. The summed E-state index contributed by atoms with van der Waals surface area (Å²) in [5.41, 5.74) is -2.56. The summed E-state index contributed by atoms with van der Waals surface area (Å²) in [5.74, 6) is -0.968. The Balaban J connectivity index is 1.63. The summed E-state index contributed by atoms with van der Waals surface area (Å²) >= 11 is 0. The molecule has 3 atom stereocenters. The molecule has 1 amide bonds. The smallest absolute Gasteiger partial charge is 0.368 e. The summed E-state index contributed by atoms with van der Waals surface area (Å²) in [7, 11) is 0. The molecular formula is C27H25F7N2O3. The Morgan fingerprint density at radius 3 is 2.21 bits per heavy atom. The molecule has 0 radical (unpaired) electrons. The molecule has 12 heteroatoms. The zero-order chi connectivity index (χ0) is 28.5. The van der Waals surface area contributed by atoms with Gasteiger partial charge in [-0.3, -0.25) is 4.79 Å². The molecule has 0 saturated carbocycles. The summed E-state index contributed by atoms with van der Waals surface area (Å²) < 4.78 is 105. The van der Waals surface area contributed by atoms with Crippen LogP contribution in [0.1, 0.15) is 70.8 Å². The minimum atomic E-state index is -5.00. The van der Waals surface area contributed by atoms with E-state index in [1.807, 2.05) is 6.92 Å². The van der Waals surface area contributed by atoms with Crippen LogP contribution >= 0.6 is 0 Å². The molecular weight excluding hydrogens is 533 g/mol. The largest absolute Gasteiger partial charge is 0.416 e. The van der Waals surface area contributed by atoms with Gasteiger partial charge in [-0.2, -0.15) is 26.3 Å². The molecule has 0 bridgehead atoms. The lowest BCUT2D eigenvalue weighted by molar-refractivity contribution is -0.143. The molecule has 39 heavy (non-hydrogen) atoms. The number of likely N-dealkylation sites (tertiary alicyclic amines) is 1. The molecule has 5 nitrogen and oxygen atoms in total. The second kappa shape index (κ2) is 11.0. The van der Waals surface area contributed by atoms with Gasteiger partial charge in [0.25, 0.3) is 5.91 Å². The highest BCUT2D eigenvalue weighted by Gasteiger charge is 2.41. The third-order valence-corrected chi connectivity index (χ3v) is 6.58. The number of aryl methyl sites for hydroxylation is 1. The van der Waals surface area contributed by atoms with Crippen molar-refractivity contribution in [1.82, 2.24) is 10.1 Å². The summed E-state index contributed by atoms with van der Waals surface area (Å²) in [5, 5.41) is 3.82. The van der Waals surface area contributed by atoms with Crippen molar-refractivity contribution >= 4 is 5.91 Å². The number of ether oxygens (including phenoxy) is 1. The van der Waals surface area contributed by atoms with Crippen molar-refractivity contribution in [2.75, 3.05) is 13.1 Å². The van der Waals surface area contributed by atoms with Crippen LogP contribution in [0.2, 0.25) is 0 Å². The zero-order valence-corrected chi connectivity index (χ0v) is 20.9. The second-order valence-corrected chi connectivity index (χ2v) is 9.45. The van der Waals surface area contributed by atoms with E-state index >= 15 is 0 Å². The van der Waals surface area contributed by atoms with Crippen LogP contribution in [0.5, 0.6) is 0 Å². The Labute approximate surface area is 219 Å². The first kappa shape index (κ1) is 28.6. The van der Waals surface area contributed by atoms with Gasteiger partial charge in [-0.15, -0.1) is 0 Å². The highest BCUT2D eigenvalue weighted by molar-refractivity contribution is 5.92. The second-order valence-electron chi connectivity index (χ2n) is 9.45. The van der Waals surface area contributed by atoms with Crippen LogP contribution in [0.3, 0.4) is 0 Å². The molecule has 3 aromatic rings. The number of aromatic nitrogens is 1. The van der Waals surface area contributed by atoms with E-state index in [1.54, 1.807) is 0 Å². The maximum atomic E-state index is 13.6. The van der Waals surface area contributed by atoms with Gasteiger partial charge in [0.2, 0.25) is 0 Å². The number of rotatable bonds is 7. The fourth-order valence-electron chi connectivity index (χ4n) is 4.60. The van der Waals surface area contributed by atoms with E-state index in [1.165, 1.54) is 42.2 Å². The molecule has 1 fully saturated rings. The van der Waals surface area contributed by atoms with E-state index in [9.17, 15) is 35.5 Å². The normalized spacial score (nSPS) is 18.9. The molecule has 3 unspecified atom stereocenters. The quantitative estimate of drug-likeness (QED) is 0.288. The van der Waals surface area contributed by atoms with Gasteiger partial charge in [-0.1, -0.05) is 24.2 Å². The van der Waals surface area contributed by atoms with E-state index in [0.29, 0.717) is 29.9 Å². The van der Waals surface area contributed by atoms with Gasteiger partial charge in [0.1, 0.15) is 11.6 Å². The maximum absolute atomic E-state index is 13.6. The van der Waals surface area contributed by atoms with Crippen LogP contribution in [0.15, 0.2) is 53.1 Å². The lowest BCUT2D eigenvalue weighted by Gasteiger charge is -2.25. The van der Waals surface area contributed by atoms with Crippen molar-refractivity contribution < 1.29 is 44.8 Å². The zero-order valence-electron chi connectivity index (χ0n) is 20.9. The monoisotopic (exact) mass is 558 g/mol. The number of carbonyl (C=O) groups is 1. The number of benzene rings is 2. The van der Waals surface area contributed by atoms with Gasteiger partial charge in [0, 0.05) is 31.5 Å². The van der Waals surface area contributed by atoms with Crippen LogP contribution < -0.4 is 0 Å². The summed E-state index contributed by atoms with van der Waals surface area (Å²) in [6, 6.07) is 8.25. The van der Waals surface area contributed by atoms with Crippen LogP contribution in [0, 0.1) is 5.82 Å². The number of carbonyl (C=O) groups excluding carboxylic acids is 1. The molecule has 1 saturated heterocycles. The van der Waals surface area contributed by atoms with Crippen molar-refractivity contribution in [3.63, 3.8) is 0 Å². The maximum Gasteiger partial charge on any atom is 0.416 e. The van der Waals surface area contributed by atoms with Gasteiger partial charge >= 0.3 is 12.4 Å². The molecule has 0 aliphatic carbocycles. The van der Waals surface area contributed by atoms with Gasteiger partial charge in [0.15, 0.2) is 5.69 Å². The minimum Gasteiger partial charge on any atom is -0.368 e. The van der Waals surface area contributed by atoms with E-state index < -0.39 is 53.3 Å². The van der Waals surface area contributed by atoms with Gasteiger partial charge in [-0.05, 0) is 54.8 Å². The van der Waals surface area contributed by atoms with E-state index in [0.717, 1.165) is 6.42 Å². The molecule has 2 heterocycles. The van der Waals surface area contributed by atoms with Crippen LogP contribution in [0.25, 0.3) is 0 Å². The number of halogens is 7. The van der Waals surface area contributed by atoms with Crippen molar-refractivity contribution in [3.05, 3.63) is 88.1 Å². The third-order valence-electron chi connectivity index (χ3n) is 6.58. The van der Waals surface area contributed by atoms with Crippen LogP contribution in [-0.2, 0) is 23.5 Å². The number of alkyl halides is 6. The molecule has 1 aliphatic rings. The Kier molecular flexibility index (Phi) is 8.06. The first-order valence-corrected chi connectivity index (χ1v) is 12.2. The molecule has 1 aromatic heterocycles. The van der Waals surface area contributed by atoms with E-state index in [2.05, 4.69) is 5.16 Å². The van der Waals surface area contributed by atoms with Crippen molar-refractivity contribution in [2.45, 2.75) is 57.2 Å². The predicted octanol–water partition coefficient (Wildman–Crippen LogP) is 7.19. The average Bonchev–Trinajstić information content (AvgIpc) is 3.50. The van der Waals surface area contributed by atoms with Gasteiger partial charge < -0.3 is 14.2 Å². The predicted molar refractivity (Wildman–Crippen MR) is 125 cm³/mol. The molecule has 2 aromatic carbocycles. The Morgan fingerprint density at radius 1 is 1.03 bits per heavy atom. The summed E-state index contributed by atoms with van der Waals surface area (Å²) in [6.07, 6.45) is -10.7. The fraction of sp³-hybridized carbons (Fsp3) is 0.407. The lowest BCUT2D eigenvalue weighted by Crippen LogP contribution is -2.30. The number of amides is 1. The lowest BCUT2D eigenvalue weighted by atomic mass is 9.95. The average molecular weight is 558 g/mol. The highest BCUT2D eigenvalue weighted by Crippen LogP contribution is 2.39. The van der Waals surface area contributed by atoms with Crippen molar-refractivity contribution in [3.8, 4) is 0 Å². The van der Waals surface area contributed by atoms with E-state index in [4.69, 9.17) is 9.26 Å². The number of hydrogen-bond donors (Lipinski definition) is 0. The Bertz CT molecular complexity index is 1270. The molecule has 0 N–H and O–H groups in total. The molecule has 210 valence electrons. The molecule has 1 aliphatic heterocycles. The van der Waals surface area contributed by atoms with Gasteiger partial charge in [0.05, 0.1) is 23.3 Å². The number of nitrogens with zero attached hydrogens (tertiary/aromatic N) is 2. The summed E-state index contributed by atoms with van der Waals surface area (Å²) in [4.78, 5) is 14.6. The SMILES string of the molecule is CCCc1cc(C(=O)N2CC(OC(C)c3cc(C(F)(F)F)cc(C(F)(F)F)c3)C(c3ccc(F)cc3)C2)no1. The highest BCUT2D eigenvalue weighted by atomic mass is 19.4. The fourth-order valence-corrected chi connectivity index (χ4v) is 4.60. The van der Waals surface area contributed by atoms with E-state index in [-0.39, 0.29) is 30.4 Å². The standard InChI is InChI=1S/C27H25F7N2O3/c1-3-4-21-12-23(35-39-21)25(37)36-13-22(16-5-7-20(28)8-6-16)24(14-36)38-15(2)17-9-18(26(29,30)31)11-19(10-17)27(32,33)34/h5-12,15,22,24H,3-4,13-14H2,1-2H3. The summed E-state index contributed by atoms with van der Waals surface area (Å²) in [6.45, 7) is 3.36. The Hall–Kier alpha value is -3.41. The van der Waals surface area contributed by atoms with Crippen molar-refractivity contribution in [2.24, 2.45) is 0 Å². The number of hydrogen-bond acceptors (Lipinski definition) is 4. The minimum absolute atomic E-state index is 0.0216.